The van der Waals surface area contributed by atoms with Gasteiger partial charge < -0.3 is 19.8 Å². The van der Waals surface area contributed by atoms with E-state index in [2.05, 4.69) is 161 Å². The van der Waals surface area contributed by atoms with E-state index in [0.717, 1.165) is 31.2 Å². The highest BCUT2D eigenvalue weighted by Gasteiger charge is 2.14. The van der Waals surface area contributed by atoms with Gasteiger partial charge in [0, 0.05) is 48.2 Å². The summed E-state index contributed by atoms with van der Waals surface area (Å²) in [6.07, 6.45) is 8.31. The van der Waals surface area contributed by atoms with Crippen molar-refractivity contribution in [1.82, 2.24) is 19.9 Å². The first-order chi connectivity index (χ1) is 22.0. The molecule has 0 amide bonds. The summed E-state index contributed by atoms with van der Waals surface area (Å²) >= 11 is 0. The highest BCUT2D eigenvalue weighted by Crippen LogP contribution is 2.27. The zero-order valence-electron chi connectivity index (χ0n) is 26.8. The molecular formula is C39H44N6. The summed E-state index contributed by atoms with van der Waals surface area (Å²) in [5, 5.41) is 0. The number of aromatic amines is 2. The van der Waals surface area contributed by atoms with Crippen LogP contribution in [0, 0.1) is 0 Å². The van der Waals surface area contributed by atoms with Gasteiger partial charge in [-0.15, -0.1) is 0 Å². The number of anilines is 2. The van der Waals surface area contributed by atoms with Gasteiger partial charge in [-0.05, 0) is 80.6 Å². The monoisotopic (exact) mass is 596 g/mol. The van der Waals surface area contributed by atoms with Crippen LogP contribution in [0.2, 0.25) is 0 Å². The molecule has 2 N–H and O–H groups in total. The highest BCUT2D eigenvalue weighted by molar-refractivity contribution is 5.68. The molecule has 0 unspecified atom stereocenters. The second kappa shape index (κ2) is 15.6. The fourth-order valence-electron chi connectivity index (χ4n) is 5.41. The second-order valence-electron chi connectivity index (χ2n) is 11.8. The summed E-state index contributed by atoms with van der Waals surface area (Å²) in [6, 6.07) is 39.4. The van der Waals surface area contributed by atoms with Gasteiger partial charge in [0.25, 0.3) is 0 Å². The van der Waals surface area contributed by atoms with Crippen molar-refractivity contribution in [3.8, 4) is 11.1 Å². The van der Waals surface area contributed by atoms with Crippen LogP contribution in [0.4, 0.5) is 11.4 Å². The number of H-pyrrole nitrogens is 2. The molecular weight excluding hydrogens is 552 g/mol. The molecule has 0 saturated carbocycles. The van der Waals surface area contributed by atoms with E-state index in [-0.39, 0.29) is 0 Å². The Bertz CT molecular complexity index is 1680. The Labute approximate surface area is 267 Å². The quantitative estimate of drug-likeness (QED) is 0.157. The van der Waals surface area contributed by atoms with Crippen molar-refractivity contribution in [2.45, 2.75) is 59.3 Å². The Balaban J connectivity index is 0.000000178. The van der Waals surface area contributed by atoms with Gasteiger partial charge in [-0.25, -0.2) is 9.97 Å². The Hall–Kier alpha value is -5.10. The lowest BCUT2D eigenvalue weighted by atomic mass is 10.0. The van der Waals surface area contributed by atoms with Gasteiger partial charge in [0.15, 0.2) is 0 Å². The first kappa shape index (κ1) is 31.3. The van der Waals surface area contributed by atoms with Crippen LogP contribution in [-0.4, -0.2) is 32.0 Å². The van der Waals surface area contributed by atoms with Crippen LogP contribution in [0.1, 0.15) is 50.5 Å². The van der Waals surface area contributed by atoms with Crippen LogP contribution >= 0.6 is 0 Å². The van der Waals surface area contributed by atoms with Crippen molar-refractivity contribution in [3.63, 3.8) is 0 Å². The van der Waals surface area contributed by atoms with Crippen LogP contribution in [0.15, 0.2) is 134 Å². The van der Waals surface area contributed by atoms with Crippen LogP contribution in [0.5, 0.6) is 0 Å². The molecule has 2 heterocycles. The predicted molar refractivity (Wildman–Crippen MR) is 187 cm³/mol. The van der Waals surface area contributed by atoms with E-state index in [1.165, 1.54) is 33.6 Å². The summed E-state index contributed by atoms with van der Waals surface area (Å²) in [6.45, 7) is 10.4. The number of nitrogens with one attached hydrogen (secondary N) is 2. The summed E-state index contributed by atoms with van der Waals surface area (Å²) in [7, 11) is 0. The lowest BCUT2D eigenvalue weighted by Gasteiger charge is -2.28. The minimum Gasteiger partial charge on any atom is -0.362 e. The Morgan fingerprint density at radius 3 is 1.56 bits per heavy atom. The molecule has 0 radical (unpaired) electrons. The maximum Gasteiger partial charge on any atom is 0.125 e. The first-order valence-corrected chi connectivity index (χ1v) is 15.7. The summed E-state index contributed by atoms with van der Waals surface area (Å²) in [5.74, 6) is 1.98. The van der Waals surface area contributed by atoms with Crippen molar-refractivity contribution in [1.29, 1.82) is 0 Å². The van der Waals surface area contributed by atoms with Crippen molar-refractivity contribution in [2.75, 3.05) is 9.80 Å². The minimum absolute atomic E-state index is 0.399. The van der Waals surface area contributed by atoms with Crippen LogP contribution in [-0.2, 0) is 19.5 Å². The number of imidazole rings is 2. The van der Waals surface area contributed by atoms with Gasteiger partial charge in [0.1, 0.15) is 11.6 Å². The summed E-state index contributed by atoms with van der Waals surface area (Å²) < 4.78 is 0. The number of benzene rings is 4. The molecule has 0 aliphatic carbocycles. The molecule has 6 nitrogen and oxygen atoms in total. The molecule has 0 saturated heterocycles. The largest absolute Gasteiger partial charge is 0.362 e. The molecule has 0 spiro atoms. The van der Waals surface area contributed by atoms with Gasteiger partial charge in [0.2, 0.25) is 0 Å². The van der Waals surface area contributed by atoms with E-state index in [9.17, 15) is 0 Å². The fraction of sp³-hybridized carbons (Fsp3) is 0.231. The molecule has 230 valence electrons. The molecule has 0 atom stereocenters. The molecule has 6 rings (SSSR count). The molecule has 0 fully saturated rings. The molecule has 0 bridgehead atoms. The van der Waals surface area contributed by atoms with E-state index in [0.29, 0.717) is 12.1 Å². The number of aromatic nitrogens is 4. The third-order valence-corrected chi connectivity index (χ3v) is 7.77. The average Bonchev–Trinajstić information content (AvgIpc) is 3.79. The lowest BCUT2D eigenvalue weighted by Crippen LogP contribution is -2.30. The number of hydrogen-bond acceptors (Lipinski definition) is 4. The summed E-state index contributed by atoms with van der Waals surface area (Å²) in [5.41, 5.74) is 7.61. The van der Waals surface area contributed by atoms with E-state index in [1.807, 2.05) is 18.5 Å². The van der Waals surface area contributed by atoms with Gasteiger partial charge in [-0.2, -0.15) is 0 Å². The molecule has 6 heteroatoms. The Morgan fingerprint density at radius 2 is 1.02 bits per heavy atom. The van der Waals surface area contributed by atoms with E-state index >= 15 is 0 Å². The normalized spacial score (nSPS) is 10.9. The predicted octanol–water partition coefficient (Wildman–Crippen LogP) is 8.91. The van der Waals surface area contributed by atoms with E-state index in [1.54, 1.807) is 12.4 Å². The fourth-order valence-corrected chi connectivity index (χ4v) is 5.41. The number of rotatable bonds is 11. The van der Waals surface area contributed by atoms with Gasteiger partial charge in [-0.1, -0.05) is 84.9 Å². The SMILES string of the molecule is CC(C)N(Cc1ncc[nH]1)c1cccc(-c2ccccc2)c1.CC(C)N(Cc1ncc[nH]1)c1cccc(Cc2ccccc2)c1. The molecule has 4 aromatic carbocycles. The van der Waals surface area contributed by atoms with Crippen molar-refractivity contribution >= 4 is 11.4 Å². The van der Waals surface area contributed by atoms with Crippen molar-refractivity contribution in [2.24, 2.45) is 0 Å². The molecule has 0 aliphatic heterocycles. The van der Waals surface area contributed by atoms with Gasteiger partial charge in [0.05, 0.1) is 13.1 Å². The van der Waals surface area contributed by atoms with Gasteiger partial charge >= 0.3 is 0 Å². The lowest BCUT2D eigenvalue weighted by molar-refractivity contribution is 0.666. The third-order valence-electron chi connectivity index (χ3n) is 7.77. The Kier molecular flexibility index (Phi) is 10.8. The zero-order chi connectivity index (χ0) is 31.4. The summed E-state index contributed by atoms with van der Waals surface area (Å²) in [4.78, 5) is 19.8. The maximum atomic E-state index is 4.36. The smallest absolute Gasteiger partial charge is 0.125 e. The van der Waals surface area contributed by atoms with Crippen LogP contribution < -0.4 is 9.80 Å². The van der Waals surface area contributed by atoms with Gasteiger partial charge in [-0.3, -0.25) is 0 Å². The topological polar surface area (TPSA) is 63.8 Å². The molecule has 45 heavy (non-hydrogen) atoms. The number of nitrogens with zero attached hydrogens (tertiary/aromatic N) is 4. The van der Waals surface area contributed by atoms with Crippen LogP contribution in [0.25, 0.3) is 11.1 Å². The zero-order valence-corrected chi connectivity index (χ0v) is 26.8. The maximum absolute atomic E-state index is 4.36. The highest BCUT2D eigenvalue weighted by atomic mass is 15.2. The number of hydrogen-bond donors (Lipinski definition) is 2. The average molecular weight is 597 g/mol. The second-order valence-corrected chi connectivity index (χ2v) is 11.8. The Morgan fingerprint density at radius 1 is 0.533 bits per heavy atom. The first-order valence-electron chi connectivity index (χ1n) is 15.7. The molecule has 6 aromatic rings. The van der Waals surface area contributed by atoms with Crippen molar-refractivity contribution in [3.05, 3.63) is 157 Å². The van der Waals surface area contributed by atoms with E-state index in [4.69, 9.17) is 0 Å². The van der Waals surface area contributed by atoms with Crippen molar-refractivity contribution < 1.29 is 0 Å². The standard InChI is InChI=1S/C20H23N3.C19H21N3/c1-16(2)23(15-20-21-11-12-22-20)19-10-6-9-18(14-19)13-17-7-4-3-5-8-17;1-15(2)22(14-19-20-11-12-21-19)18-10-6-9-17(13-18)16-7-4-3-5-8-16/h3-12,14,16H,13,15H2,1-2H3,(H,21,22);3-13,15H,14H2,1-2H3,(H,20,21). The van der Waals surface area contributed by atoms with E-state index < -0.39 is 0 Å². The van der Waals surface area contributed by atoms with Crippen LogP contribution in [0.3, 0.4) is 0 Å². The third kappa shape index (κ3) is 8.96. The molecule has 2 aromatic heterocycles. The molecule has 0 aliphatic rings. The minimum atomic E-state index is 0.399.